The summed E-state index contributed by atoms with van der Waals surface area (Å²) in [5.74, 6) is 0. The standard InChI is InChI=1S/C15H12NO.HI/c1-16-12-8-4-2-3-7-11(12)15-13(16)9-5-6-10-14(15)17;/h2-10H,1H3;1H/q+1;/p-1. The van der Waals surface area contributed by atoms with E-state index in [4.69, 9.17) is 0 Å². The van der Waals surface area contributed by atoms with E-state index in [0.29, 0.717) is 0 Å². The van der Waals surface area contributed by atoms with E-state index in [1.165, 1.54) is 0 Å². The third kappa shape index (κ3) is 1.88. The molecule has 1 heterocycles. The summed E-state index contributed by atoms with van der Waals surface area (Å²) in [5.41, 5.74) is 3.13. The largest absolute Gasteiger partial charge is 1.00 e. The van der Waals surface area contributed by atoms with Crippen LogP contribution in [0.15, 0.2) is 59.4 Å². The molecule has 0 unspecified atom stereocenters. The molecular weight excluding hydrogens is 337 g/mol. The van der Waals surface area contributed by atoms with Crippen molar-refractivity contribution in [1.29, 1.82) is 0 Å². The fourth-order valence-electron chi connectivity index (χ4n) is 2.30. The Bertz CT molecular complexity index is 739. The van der Waals surface area contributed by atoms with Crippen LogP contribution >= 0.6 is 0 Å². The van der Waals surface area contributed by atoms with E-state index < -0.39 is 0 Å². The number of aromatic nitrogens is 1. The number of hydrogen-bond acceptors (Lipinski definition) is 1. The highest BCUT2D eigenvalue weighted by molar-refractivity contribution is 5.92. The molecule has 0 atom stereocenters. The molecule has 0 saturated carbocycles. The molecule has 3 heteroatoms. The van der Waals surface area contributed by atoms with Crippen molar-refractivity contribution in [3.8, 4) is 11.3 Å². The predicted octanol–water partition coefficient (Wildman–Crippen LogP) is -0.867. The number of rotatable bonds is 0. The van der Waals surface area contributed by atoms with Gasteiger partial charge in [0.05, 0.1) is 5.56 Å². The Morgan fingerprint density at radius 3 is 2.39 bits per heavy atom. The first kappa shape index (κ1) is 13.0. The molecule has 0 saturated heterocycles. The van der Waals surface area contributed by atoms with Gasteiger partial charge < -0.3 is 24.0 Å². The minimum absolute atomic E-state index is 0. The first-order chi connectivity index (χ1) is 8.29. The summed E-state index contributed by atoms with van der Waals surface area (Å²) < 4.78 is 2.06. The summed E-state index contributed by atoms with van der Waals surface area (Å²) in [6.07, 6.45) is 0. The zero-order chi connectivity index (χ0) is 11.8. The van der Waals surface area contributed by atoms with E-state index >= 15 is 0 Å². The molecule has 1 aliphatic heterocycles. The lowest BCUT2D eigenvalue weighted by Gasteiger charge is -1.86. The lowest BCUT2D eigenvalue weighted by atomic mass is 10.1. The summed E-state index contributed by atoms with van der Waals surface area (Å²) in [6, 6.07) is 17.3. The molecular formula is C15H12INO. The molecule has 1 aromatic carbocycles. The smallest absolute Gasteiger partial charge is 0.217 e. The molecule has 90 valence electrons. The minimum Gasteiger partial charge on any atom is -1.00 e. The molecule has 0 aromatic heterocycles. The fraction of sp³-hybridized carbons (Fsp3) is 0.0667. The minimum atomic E-state index is 0. The van der Waals surface area contributed by atoms with Crippen molar-refractivity contribution in [2.24, 2.45) is 7.05 Å². The van der Waals surface area contributed by atoms with Crippen LogP contribution in [0.5, 0.6) is 0 Å². The Balaban J connectivity index is 0.00000120. The average molecular weight is 349 g/mol. The monoisotopic (exact) mass is 349 g/mol. The van der Waals surface area contributed by atoms with Crippen LogP contribution in [0.2, 0.25) is 0 Å². The van der Waals surface area contributed by atoms with Crippen molar-refractivity contribution >= 4 is 10.9 Å². The van der Waals surface area contributed by atoms with Crippen molar-refractivity contribution in [2.45, 2.75) is 0 Å². The van der Waals surface area contributed by atoms with Gasteiger partial charge in [-0.15, -0.1) is 0 Å². The second kappa shape index (κ2) is 5.02. The van der Waals surface area contributed by atoms with Gasteiger partial charge in [0.2, 0.25) is 11.2 Å². The van der Waals surface area contributed by atoms with Gasteiger partial charge in [-0.1, -0.05) is 30.3 Å². The molecule has 2 nitrogen and oxygen atoms in total. The third-order valence-electron chi connectivity index (χ3n) is 3.12. The highest BCUT2D eigenvalue weighted by Crippen LogP contribution is 2.24. The molecule has 18 heavy (non-hydrogen) atoms. The number of halogens is 1. The molecule has 1 aliphatic carbocycles. The van der Waals surface area contributed by atoms with Gasteiger partial charge in [0.1, 0.15) is 12.4 Å². The van der Waals surface area contributed by atoms with Crippen LogP contribution in [0, 0.1) is 0 Å². The van der Waals surface area contributed by atoms with Crippen LogP contribution in [-0.4, -0.2) is 0 Å². The lowest BCUT2D eigenvalue weighted by Crippen LogP contribution is -3.00. The normalized spacial score (nSPS) is 10.3. The molecule has 0 N–H and O–H groups in total. The number of nitrogens with zero attached hydrogens (tertiary/aromatic N) is 1. The summed E-state index contributed by atoms with van der Waals surface area (Å²) in [6.45, 7) is 0. The van der Waals surface area contributed by atoms with Crippen molar-refractivity contribution < 1.29 is 28.5 Å². The van der Waals surface area contributed by atoms with Crippen LogP contribution in [0.3, 0.4) is 0 Å². The Hall–Kier alpha value is -1.49. The van der Waals surface area contributed by atoms with Crippen LogP contribution < -0.4 is 34.0 Å². The molecule has 2 aliphatic rings. The number of aryl methyl sites for hydroxylation is 1. The van der Waals surface area contributed by atoms with E-state index in [-0.39, 0.29) is 29.4 Å². The van der Waals surface area contributed by atoms with E-state index in [0.717, 1.165) is 22.2 Å². The molecule has 0 bridgehead atoms. The van der Waals surface area contributed by atoms with Gasteiger partial charge in [-0.2, -0.15) is 4.57 Å². The highest BCUT2D eigenvalue weighted by atomic mass is 127. The molecule has 0 amide bonds. The van der Waals surface area contributed by atoms with Crippen molar-refractivity contribution in [3.63, 3.8) is 0 Å². The summed E-state index contributed by atoms with van der Waals surface area (Å²) in [7, 11) is 1.99. The summed E-state index contributed by atoms with van der Waals surface area (Å²) >= 11 is 0. The van der Waals surface area contributed by atoms with Crippen molar-refractivity contribution in [1.82, 2.24) is 0 Å². The number of hydrogen-bond donors (Lipinski definition) is 0. The highest BCUT2D eigenvalue weighted by Gasteiger charge is 2.22. The molecule has 0 fully saturated rings. The fourth-order valence-corrected chi connectivity index (χ4v) is 2.30. The van der Waals surface area contributed by atoms with E-state index in [1.54, 1.807) is 12.1 Å². The second-order valence-electron chi connectivity index (χ2n) is 4.11. The van der Waals surface area contributed by atoms with E-state index in [9.17, 15) is 4.79 Å². The molecule has 1 aromatic rings. The lowest BCUT2D eigenvalue weighted by molar-refractivity contribution is -0.631. The molecule has 0 radical (unpaired) electrons. The Morgan fingerprint density at radius 2 is 1.56 bits per heavy atom. The second-order valence-corrected chi connectivity index (χ2v) is 4.11. The van der Waals surface area contributed by atoms with Crippen LogP contribution in [0.1, 0.15) is 0 Å². The topological polar surface area (TPSA) is 20.9 Å². The molecule has 3 rings (SSSR count). The maximum absolute atomic E-state index is 12.1. The van der Waals surface area contributed by atoms with Crippen molar-refractivity contribution in [3.05, 3.63) is 64.8 Å². The average Bonchev–Trinajstić information content (AvgIpc) is 2.57. The van der Waals surface area contributed by atoms with Crippen molar-refractivity contribution in [2.75, 3.05) is 0 Å². The first-order valence-electron chi connectivity index (χ1n) is 5.59. The SMILES string of the molecule is C[n+]1c2cccccc-2c2c(=O)ccccc21.[I-]. The third-order valence-corrected chi connectivity index (χ3v) is 3.12. The quantitative estimate of drug-likeness (QED) is 0.382. The maximum atomic E-state index is 12.1. The Kier molecular flexibility index (Phi) is 3.61. The van der Waals surface area contributed by atoms with Gasteiger partial charge >= 0.3 is 0 Å². The van der Waals surface area contributed by atoms with Gasteiger partial charge in [0.15, 0.2) is 5.43 Å². The number of fused-ring (bicyclic) bond motifs is 3. The predicted molar refractivity (Wildman–Crippen MR) is 68.0 cm³/mol. The Morgan fingerprint density at radius 1 is 0.889 bits per heavy atom. The zero-order valence-electron chi connectivity index (χ0n) is 9.93. The molecule has 0 spiro atoms. The van der Waals surface area contributed by atoms with Crippen LogP contribution in [0.4, 0.5) is 0 Å². The first-order valence-corrected chi connectivity index (χ1v) is 5.59. The summed E-state index contributed by atoms with van der Waals surface area (Å²) in [4.78, 5) is 12.1. The van der Waals surface area contributed by atoms with Gasteiger partial charge in [-0.25, -0.2) is 0 Å². The van der Waals surface area contributed by atoms with Gasteiger partial charge in [0.25, 0.3) is 0 Å². The van der Waals surface area contributed by atoms with Gasteiger partial charge in [-0.05, 0) is 12.1 Å². The summed E-state index contributed by atoms with van der Waals surface area (Å²) in [5, 5.41) is 0.795. The van der Waals surface area contributed by atoms with Gasteiger partial charge in [-0.3, -0.25) is 4.79 Å². The van der Waals surface area contributed by atoms with Crippen LogP contribution in [-0.2, 0) is 7.05 Å². The van der Waals surface area contributed by atoms with Crippen LogP contribution in [0.25, 0.3) is 22.2 Å². The van der Waals surface area contributed by atoms with E-state index in [1.807, 2.05) is 49.5 Å². The van der Waals surface area contributed by atoms with Gasteiger partial charge in [0, 0.05) is 12.1 Å². The Labute approximate surface area is 122 Å². The van der Waals surface area contributed by atoms with E-state index in [2.05, 4.69) is 4.57 Å². The zero-order valence-corrected chi connectivity index (χ0v) is 12.1. The maximum Gasteiger partial charge on any atom is 0.217 e.